The normalized spacial score (nSPS) is 15.0. The number of anilines is 1. The quantitative estimate of drug-likeness (QED) is 0.861. The Hall–Kier alpha value is -1.36. The second kappa shape index (κ2) is 6.88. The van der Waals surface area contributed by atoms with E-state index in [1.54, 1.807) is 4.90 Å². The van der Waals surface area contributed by atoms with Gasteiger partial charge >= 0.3 is 0 Å². The van der Waals surface area contributed by atoms with Gasteiger partial charge in [-0.25, -0.2) is 0 Å². The molecular weight excluding hydrogens is 320 g/mol. The summed E-state index contributed by atoms with van der Waals surface area (Å²) in [5.74, 6) is -0.329. The van der Waals surface area contributed by atoms with Crippen LogP contribution < -0.4 is 5.32 Å². The number of likely N-dealkylation sites (tertiary alicyclic amines) is 1. The highest BCUT2D eigenvalue weighted by atomic mass is 79.9. The van der Waals surface area contributed by atoms with E-state index in [0.29, 0.717) is 5.69 Å². The summed E-state index contributed by atoms with van der Waals surface area (Å²) in [5.41, 5.74) is 1.81. The van der Waals surface area contributed by atoms with Gasteiger partial charge < -0.3 is 10.2 Å². The van der Waals surface area contributed by atoms with E-state index in [9.17, 15) is 9.59 Å². The molecular formula is C15H19BrN2O2. The van der Waals surface area contributed by atoms with Crippen molar-refractivity contribution in [2.75, 3.05) is 18.4 Å². The van der Waals surface area contributed by atoms with Crippen LogP contribution in [0.1, 0.15) is 31.2 Å². The monoisotopic (exact) mass is 338 g/mol. The Morgan fingerprint density at radius 3 is 2.60 bits per heavy atom. The van der Waals surface area contributed by atoms with Crippen LogP contribution >= 0.6 is 15.9 Å². The molecule has 0 radical (unpaired) electrons. The predicted octanol–water partition coefficient (Wildman–Crippen LogP) is 3.10. The van der Waals surface area contributed by atoms with E-state index in [-0.39, 0.29) is 18.2 Å². The van der Waals surface area contributed by atoms with Gasteiger partial charge in [-0.2, -0.15) is 0 Å². The van der Waals surface area contributed by atoms with Crippen molar-refractivity contribution in [2.45, 2.75) is 32.6 Å². The second-order valence-corrected chi connectivity index (χ2v) is 5.98. The summed E-state index contributed by atoms with van der Waals surface area (Å²) in [7, 11) is 0. The summed E-state index contributed by atoms with van der Waals surface area (Å²) in [6.07, 6.45) is 3.18. The third kappa shape index (κ3) is 4.07. The molecule has 0 aliphatic carbocycles. The van der Waals surface area contributed by atoms with Crippen LogP contribution in [0.15, 0.2) is 22.7 Å². The number of halogens is 1. The Morgan fingerprint density at radius 2 is 1.95 bits per heavy atom. The van der Waals surface area contributed by atoms with E-state index < -0.39 is 0 Å². The van der Waals surface area contributed by atoms with Crippen molar-refractivity contribution in [1.29, 1.82) is 0 Å². The molecule has 0 saturated carbocycles. The molecule has 20 heavy (non-hydrogen) atoms. The van der Waals surface area contributed by atoms with Crippen LogP contribution in [-0.4, -0.2) is 29.8 Å². The van der Waals surface area contributed by atoms with Crippen LogP contribution in [0.3, 0.4) is 0 Å². The van der Waals surface area contributed by atoms with Crippen LogP contribution in [-0.2, 0) is 9.59 Å². The summed E-state index contributed by atoms with van der Waals surface area (Å²) in [5, 5.41) is 2.76. The minimum Gasteiger partial charge on any atom is -0.342 e. The van der Waals surface area contributed by atoms with E-state index in [0.717, 1.165) is 36.0 Å². The smallest absolute Gasteiger partial charge is 0.233 e. The fourth-order valence-corrected chi connectivity index (χ4v) is 2.65. The number of benzene rings is 1. The first-order valence-electron chi connectivity index (χ1n) is 6.90. The Balaban J connectivity index is 1.88. The summed E-state index contributed by atoms with van der Waals surface area (Å²) in [6, 6.07) is 5.61. The molecule has 0 bridgehead atoms. The molecule has 1 aliphatic rings. The maximum absolute atomic E-state index is 12.0. The molecule has 0 atom stereocenters. The van der Waals surface area contributed by atoms with Gasteiger partial charge in [-0.05, 0) is 43.9 Å². The molecule has 1 heterocycles. The molecule has 4 nitrogen and oxygen atoms in total. The lowest BCUT2D eigenvalue weighted by atomic mass is 10.1. The van der Waals surface area contributed by atoms with Gasteiger partial charge in [0, 0.05) is 23.2 Å². The third-order valence-corrected chi connectivity index (χ3v) is 4.33. The summed E-state index contributed by atoms with van der Waals surface area (Å²) in [4.78, 5) is 25.6. The lowest BCUT2D eigenvalue weighted by Gasteiger charge is -2.26. The average molecular weight is 339 g/mol. The van der Waals surface area contributed by atoms with Crippen molar-refractivity contribution in [1.82, 2.24) is 4.90 Å². The highest BCUT2D eigenvalue weighted by Gasteiger charge is 2.19. The number of rotatable bonds is 3. The fraction of sp³-hybridized carbons (Fsp3) is 0.467. The van der Waals surface area contributed by atoms with Crippen molar-refractivity contribution >= 4 is 33.4 Å². The molecule has 1 aliphatic heterocycles. The van der Waals surface area contributed by atoms with Crippen LogP contribution in [0.4, 0.5) is 5.69 Å². The van der Waals surface area contributed by atoms with E-state index >= 15 is 0 Å². The van der Waals surface area contributed by atoms with Crippen molar-refractivity contribution in [3.05, 3.63) is 28.2 Å². The molecule has 1 saturated heterocycles. The van der Waals surface area contributed by atoms with Crippen molar-refractivity contribution < 1.29 is 9.59 Å². The van der Waals surface area contributed by atoms with Gasteiger partial charge in [0.05, 0.1) is 0 Å². The van der Waals surface area contributed by atoms with Crippen LogP contribution in [0, 0.1) is 6.92 Å². The van der Waals surface area contributed by atoms with Crippen LogP contribution in [0.2, 0.25) is 0 Å². The van der Waals surface area contributed by atoms with Gasteiger partial charge in [-0.1, -0.05) is 22.0 Å². The Bertz CT molecular complexity index is 511. The first kappa shape index (κ1) is 15.0. The number of aryl methyl sites for hydroxylation is 1. The van der Waals surface area contributed by atoms with Crippen LogP contribution in [0.5, 0.6) is 0 Å². The second-order valence-electron chi connectivity index (χ2n) is 5.13. The van der Waals surface area contributed by atoms with E-state index in [1.807, 2.05) is 25.1 Å². The van der Waals surface area contributed by atoms with E-state index in [2.05, 4.69) is 21.2 Å². The number of amides is 2. The third-order valence-electron chi connectivity index (χ3n) is 3.48. The van der Waals surface area contributed by atoms with Gasteiger partial charge in [0.25, 0.3) is 0 Å². The molecule has 1 fully saturated rings. The zero-order valence-electron chi connectivity index (χ0n) is 11.6. The molecule has 5 heteroatoms. The van der Waals surface area contributed by atoms with Gasteiger partial charge in [0.1, 0.15) is 6.42 Å². The SMILES string of the molecule is Cc1ccc(NC(=O)CC(=O)N2CCCCC2)cc1Br. The highest BCUT2D eigenvalue weighted by molar-refractivity contribution is 9.10. The fourth-order valence-electron chi connectivity index (χ4n) is 2.27. The number of hydrogen-bond donors (Lipinski definition) is 1. The maximum Gasteiger partial charge on any atom is 0.233 e. The topological polar surface area (TPSA) is 49.4 Å². The molecule has 1 aromatic carbocycles. The first-order valence-corrected chi connectivity index (χ1v) is 7.69. The molecule has 0 aromatic heterocycles. The molecule has 2 rings (SSSR count). The van der Waals surface area contributed by atoms with Gasteiger partial charge in [0.15, 0.2) is 0 Å². The number of hydrogen-bond acceptors (Lipinski definition) is 2. The number of carbonyl (C=O) groups excluding carboxylic acids is 2. The summed E-state index contributed by atoms with van der Waals surface area (Å²) < 4.78 is 0.942. The van der Waals surface area contributed by atoms with Crippen LogP contribution in [0.25, 0.3) is 0 Å². The zero-order chi connectivity index (χ0) is 14.5. The number of nitrogens with one attached hydrogen (secondary N) is 1. The Kier molecular flexibility index (Phi) is 5.17. The molecule has 108 valence electrons. The lowest BCUT2D eigenvalue weighted by Crippen LogP contribution is -2.37. The largest absolute Gasteiger partial charge is 0.342 e. The minimum atomic E-state index is -0.253. The van der Waals surface area contributed by atoms with Crippen molar-refractivity contribution in [2.24, 2.45) is 0 Å². The van der Waals surface area contributed by atoms with Gasteiger partial charge in [0.2, 0.25) is 11.8 Å². The highest BCUT2D eigenvalue weighted by Crippen LogP contribution is 2.20. The molecule has 0 unspecified atom stereocenters. The van der Waals surface area contributed by atoms with E-state index in [1.165, 1.54) is 6.42 Å². The Labute approximate surface area is 127 Å². The number of nitrogens with zero attached hydrogens (tertiary/aromatic N) is 1. The summed E-state index contributed by atoms with van der Waals surface area (Å²) >= 11 is 3.42. The van der Waals surface area contributed by atoms with Crippen molar-refractivity contribution in [3.63, 3.8) is 0 Å². The lowest BCUT2D eigenvalue weighted by molar-refractivity contribution is -0.135. The van der Waals surface area contributed by atoms with Gasteiger partial charge in [-0.15, -0.1) is 0 Å². The molecule has 1 N–H and O–H groups in total. The summed E-state index contributed by atoms with van der Waals surface area (Å²) in [6.45, 7) is 3.54. The number of piperidine rings is 1. The molecule has 2 amide bonds. The van der Waals surface area contributed by atoms with Crippen molar-refractivity contribution in [3.8, 4) is 0 Å². The standard InChI is InChI=1S/C15H19BrN2O2/c1-11-5-6-12(9-13(11)16)17-14(19)10-15(20)18-7-3-2-4-8-18/h5-6,9H,2-4,7-8,10H2,1H3,(H,17,19). The van der Waals surface area contributed by atoms with E-state index in [4.69, 9.17) is 0 Å². The van der Waals surface area contributed by atoms with Gasteiger partial charge in [-0.3, -0.25) is 9.59 Å². The molecule has 1 aromatic rings. The minimum absolute atomic E-state index is 0.0756. The maximum atomic E-state index is 12.0. The zero-order valence-corrected chi connectivity index (χ0v) is 13.2. The predicted molar refractivity (Wildman–Crippen MR) is 82.6 cm³/mol. The first-order chi connectivity index (χ1) is 9.56. The molecule has 0 spiro atoms. The number of carbonyl (C=O) groups is 2. The average Bonchev–Trinajstić information content (AvgIpc) is 2.44. The Morgan fingerprint density at radius 1 is 1.25 bits per heavy atom.